The van der Waals surface area contributed by atoms with Gasteiger partial charge in [-0.2, -0.15) is 0 Å². The molecule has 0 aromatic rings. The molecular formula is C88H134NO8P. The number of phosphoric ester groups is 1. The predicted octanol–water partition coefficient (Wildman–Crippen LogP) is 24.6. The van der Waals surface area contributed by atoms with Crippen molar-refractivity contribution < 1.29 is 42.1 Å². The van der Waals surface area contributed by atoms with Crippen molar-refractivity contribution in [1.29, 1.82) is 0 Å². The topological polar surface area (TPSA) is 111 Å². The molecule has 544 valence electrons. The van der Waals surface area contributed by atoms with Crippen molar-refractivity contribution >= 4 is 19.8 Å². The van der Waals surface area contributed by atoms with E-state index in [9.17, 15) is 19.0 Å². The molecule has 0 aliphatic carbocycles. The third-order valence-electron chi connectivity index (χ3n) is 14.6. The molecule has 0 aromatic carbocycles. The molecule has 9 nitrogen and oxygen atoms in total. The lowest BCUT2D eigenvalue weighted by Gasteiger charge is -2.28. The number of esters is 2. The molecular weight excluding hydrogens is 1230 g/mol. The van der Waals surface area contributed by atoms with Crippen LogP contribution in [0.2, 0.25) is 0 Å². The molecule has 0 bridgehead atoms. The van der Waals surface area contributed by atoms with Gasteiger partial charge < -0.3 is 27.9 Å². The molecule has 2 atom stereocenters. The number of nitrogens with zero attached hydrogens (tertiary/aromatic N) is 1. The van der Waals surface area contributed by atoms with Crippen LogP contribution >= 0.6 is 7.82 Å². The second-order valence-corrected chi connectivity index (χ2v) is 26.2. The quantitative estimate of drug-likeness (QED) is 0.0195. The zero-order valence-corrected chi connectivity index (χ0v) is 62.8. The normalized spacial score (nSPS) is 14.6. The predicted molar refractivity (Wildman–Crippen MR) is 424 cm³/mol. The third-order valence-corrected chi connectivity index (χ3v) is 15.5. The van der Waals surface area contributed by atoms with Crippen molar-refractivity contribution in [2.75, 3.05) is 47.5 Å². The van der Waals surface area contributed by atoms with Crippen molar-refractivity contribution in [3.05, 3.63) is 255 Å². The number of carbonyl (C=O) groups is 2. The van der Waals surface area contributed by atoms with Crippen molar-refractivity contribution in [3.63, 3.8) is 0 Å². The fraction of sp³-hybridized carbons (Fsp3) is 0.500. The van der Waals surface area contributed by atoms with Crippen LogP contribution in [0.5, 0.6) is 0 Å². The fourth-order valence-electron chi connectivity index (χ4n) is 8.92. The Hall–Kier alpha value is -6.45. The molecule has 0 amide bonds. The summed E-state index contributed by atoms with van der Waals surface area (Å²) in [7, 11) is 1.10. The number of quaternary nitrogens is 1. The summed E-state index contributed by atoms with van der Waals surface area (Å²) in [6, 6.07) is 0. The molecule has 98 heavy (non-hydrogen) atoms. The van der Waals surface area contributed by atoms with E-state index in [1.54, 1.807) is 0 Å². The first-order chi connectivity index (χ1) is 48.0. The number of hydrogen-bond acceptors (Lipinski definition) is 8. The average molecular weight is 1370 g/mol. The molecule has 0 aliphatic heterocycles. The van der Waals surface area contributed by atoms with E-state index in [2.05, 4.69) is 269 Å². The number of allylic oxidation sites excluding steroid dienone is 42. The van der Waals surface area contributed by atoms with E-state index in [0.29, 0.717) is 23.9 Å². The first kappa shape index (κ1) is 91.5. The Morgan fingerprint density at radius 3 is 0.816 bits per heavy atom. The number of rotatable bonds is 65. The standard InChI is InChI=1S/C88H134NO8P/c1-6-8-10-12-14-16-18-20-22-24-26-28-30-32-34-36-38-40-41-42-43-44-45-46-47-49-51-53-55-57-59-61-63-65-67-69-71-73-75-77-79-81-88(91)97-86(85-96-98(92,93)95-83-82-89(3,4)5)84-94-87(90)80-78-76-74-72-70-68-66-64-62-60-58-56-54-52-50-48-39-37-35-33-31-29-27-25-23-21-19-17-15-13-11-9-7-2/h8-11,14-17,20-23,26-29,32-35,38-40,42-43,45-46,48-49,51-52,54-55,57-58,60-61,63-64,66-67,69,86H,6-7,12-13,18-19,24-25,30-31,36-37,41,44,47,50,53,56,59,62,65,68,70-85H2,1-5H3/b10-8-,11-9-,16-14-,17-15-,22-20-,23-21-,28-26-,29-27-,34-32-,35-33-,40-38-,43-42-,46-45-,48-39-,51-49-,54-52-,57-55-,60-58-,63-61-,66-64-,69-67-. The minimum Gasteiger partial charge on any atom is -0.756 e. The first-order valence-corrected chi connectivity index (χ1v) is 38.9. The maximum atomic E-state index is 12.9. The number of carbonyl (C=O) groups excluding carboxylic acids is 2. The number of ether oxygens (including phenoxy) is 2. The van der Waals surface area contributed by atoms with Gasteiger partial charge in [0.2, 0.25) is 0 Å². The second-order valence-electron chi connectivity index (χ2n) is 24.8. The third kappa shape index (κ3) is 78.5. The van der Waals surface area contributed by atoms with E-state index < -0.39 is 32.5 Å². The molecule has 0 saturated carbocycles. The van der Waals surface area contributed by atoms with Crippen molar-refractivity contribution in [1.82, 2.24) is 0 Å². The average Bonchev–Trinajstić information content (AvgIpc) is 1.08. The van der Waals surface area contributed by atoms with Gasteiger partial charge in [0, 0.05) is 12.8 Å². The summed E-state index contributed by atoms with van der Waals surface area (Å²) in [6.07, 6.45) is 123. The SMILES string of the molecule is CC/C=C\C/C=C\C/C=C\C/C=C\C/C=C\C/C=C\C/C=C\C/C=C\C/C=C\C/C=C\C/C=C\C/C=C\CCCCCCC(=O)OC(COC(=O)CCCCCCC/C=C\C/C=C\C/C=C\C/C=C\C/C=C\C/C=C\C/C=C\C/C=C\C/C=C\CC)COP(=O)([O-])OCC[N+](C)(C)C. The van der Waals surface area contributed by atoms with Crippen molar-refractivity contribution in [2.45, 2.75) is 238 Å². The van der Waals surface area contributed by atoms with E-state index in [0.717, 1.165) is 193 Å². The van der Waals surface area contributed by atoms with E-state index >= 15 is 0 Å². The van der Waals surface area contributed by atoms with Crippen LogP contribution in [-0.2, 0) is 32.7 Å². The van der Waals surface area contributed by atoms with Gasteiger partial charge in [-0.1, -0.05) is 301 Å². The monoisotopic (exact) mass is 1360 g/mol. The smallest absolute Gasteiger partial charge is 0.306 e. The zero-order chi connectivity index (χ0) is 71.1. The van der Waals surface area contributed by atoms with E-state index in [-0.39, 0.29) is 26.1 Å². The molecule has 0 aliphatic rings. The first-order valence-electron chi connectivity index (χ1n) is 37.4. The maximum absolute atomic E-state index is 12.9. The van der Waals surface area contributed by atoms with Gasteiger partial charge in [-0.3, -0.25) is 14.2 Å². The van der Waals surface area contributed by atoms with Gasteiger partial charge in [-0.15, -0.1) is 0 Å². The minimum atomic E-state index is -4.68. The molecule has 0 radical (unpaired) electrons. The molecule has 0 spiro atoms. The summed E-state index contributed by atoms with van der Waals surface area (Å²) < 4.78 is 34.3. The number of likely N-dealkylation sites (N-methyl/N-ethyl adjacent to an activating group) is 1. The summed E-state index contributed by atoms with van der Waals surface area (Å²) in [5.74, 6) is -0.907. The molecule has 0 aromatic heterocycles. The molecule has 0 fully saturated rings. The lowest BCUT2D eigenvalue weighted by atomic mass is 10.1. The summed E-state index contributed by atoms with van der Waals surface area (Å²) in [4.78, 5) is 38.1. The van der Waals surface area contributed by atoms with Crippen LogP contribution in [-0.4, -0.2) is 70.0 Å². The molecule has 0 heterocycles. The Morgan fingerprint density at radius 2 is 0.551 bits per heavy atom. The highest BCUT2D eigenvalue weighted by atomic mass is 31.2. The lowest BCUT2D eigenvalue weighted by Crippen LogP contribution is -2.37. The van der Waals surface area contributed by atoms with Crippen LogP contribution in [0.4, 0.5) is 0 Å². The lowest BCUT2D eigenvalue weighted by molar-refractivity contribution is -0.870. The van der Waals surface area contributed by atoms with Crippen LogP contribution in [0.3, 0.4) is 0 Å². The van der Waals surface area contributed by atoms with Crippen molar-refractivity contribution in [3.8, 4) is 0 Å². The van der Waals surface area contributed by atoms with Crippen LogP contribution < -0.4 is 4.89 Å². The van der Waals surface area contributed by atoms with Gasteiger partial charge in [0.05, 0.1) is 27.7 Å². The highest BCUT2D eigenvalue weighted by molar-refractivity contribution is 7.45. The Morgan fingerprint density at radius 1 is 0.316 bits per heavy atom. The highest BCUT2D eigenvalue weighted by Gasteiger charge is 2.22. The van der Waals surface area contributed by atoms with Gasteiger partial charge >= 0.3 is 11.9 Å². The van der Waals surface area contributed by atoms with Crippen LogP contribution in [0, 0.1) is 0 Å². The van der Waals surface area contributed by atoms with Crippen LogP contribution in [0.1, 0.15) is 232 Å². The number of unbranched alkanes of at least 4 members (excludes halogenated alkanes) is 9. The van der Waals surface area contributed by atoms with Crippen LogP contribution in [0.25, 0.3) is 0 Å². The summed E-state index contributed by atoms with van der Waals surface area (Å²) >= 11 is 0. The molecule has 2 unspecified atom stereocenters. The van der Waals surface area contributed by atoms with Gasteiger partial charge in [0.25, 0.3) is 7.82 Å². The van der Waals surface area contributed by atoms with Crippen molar-refractivity contribution in [2.24, 2.45) is 0 Å². The van der Waals surface area contributed by atoms with Gasteiger partial charge in [-0.05, 0) is 173 Å². The second kappa shape index (κ2) is 74.8. The molecule has 0 saturated heterocycles. The summed E-state index contributed by atoms with van der Waals surface area (Å²) in [5.41, 5.74) is 0. The fourth-order valence-corrected chi connectivity index (χ4v) is 9.65. The Balaban J connectivity index is 4.25. The van der Waals surface area contributed by atoms with Gasteiger partial charge in [-0.25, -0.2) is 0 Å². The van der Waals surface area contributed by atoms with Gasteiger partial charge in [0.1, 0.15) is 19.8 Å². The summed E-state index contributed by atoms with van der Waals surface area (Å²) in [5, 5.41) is 0. The Kier molecular flexibility index (Phi) is 69.8. The highest BCUT2D eigenvalue weighted by Crippen LogP contribution is 2.38. The number of hydrogen-bond donors (Lipinski definition) is 0. The number of phosphoric acid groups is 1. The zero-order valence-electron chi connectivity index (χ0n) is 61.9. The van der Waals surface area contributed by atoms with E-state index in [1.807, 2.05) is 21.1 Å². The van der Waals surface area contributed by atoms with E-state index in [4.69, 9.17) is 18.5 Å². The van der Waals surface area contributed by atoms with E-state index in [1.165, 1.54) is 0 Å². The summed E-state index contributed by atoms with van der Waals surface area (Å²) in [6.45, 7) is 3.92. The molecule has 0 rings (SSSR count). The van der Waals surface area contributed by atoms with Gasteiger partial charge in [0.15, 0.2) is 6.10 Å². The maximum Gasteiger partial charge on any atom is 0.306 e. The minimum absolute atomic E-state index is 0.0547. The molecule has 10 heteroatoms. The largest absolute Gasteiger partial charge is 0.756 e. The Bertz CT molecular complexity index is 2610. The Labute approximate surface area is 599 Å². The molecule has 0 N–H and O–H groups in total. The van der Waals surface area contributed by atoms with Crippen LogP contribution in [0.15, 0.2) is 255 Å².